The van der Waals surface area contributed by atoms with Crippen LogP contribution < -0.4 is 5.32 Å². The Morgan fingerprint density at radius 2 is 0.866 bits per heavy atom. The fourth-order valence-electron chi connectivity index (χ4n) is 8.21. The molecule has 6 heteroatoms. The van der Waals surface area contributed by atoms with E-state index < -0.39 is 18.2 Å². The van der Waals surface area contributed by atoms with E-state index in [-0.39, 0.29) is 24.9 Å². The molecule has 0 bridgehead atoms. The van der Waals surface area contributed by atoms with Gasteiger partial charge < -0.3 is 20.3 Å². The number of esters is 1. The van der Waals surface area contributed by atoms with Crippen LogP contribution >= 0.6 is 0 Å². The lowest BCUT2D eigenvalue weighted by atomic mass is 10.0. The SMILES string of the molecule is CC/C=C\C/C=C\C/C=C\C/C=C\C/C=C\CC(CC(=O)NC(CO)C(O)CCCCCCCCCCCCCCCCCCC)OC(=O)CCCCC/C=C/C=C/CCCCCCCCC. The molecule has 0 aliphatic heterocycles. The fourth-order valence-corrected chi connectivity index (χ4v) is 8.21. The van der Waals surface area contributed by atoms with E-state index in [1.165, 1.54) is 135 Å². The summed E-state index contributed by atoms with van der Waals surface area (Å²) in [5.41, 5.74) is 0. The Labute approximate surface area is 414 Å². The van der Waals surface area contributed by atoms with Crippen molar-refractivity contribution in [3.8, 4) is 0 Å². The normalized spacial score (nSPS) is 13.8. The largest absolute Gasteiger partial charge is 0.461 e. The van der Waals surface area contributed by atoms with Gasteiger partial charge in [0.05, 0.1) is 25.2 Å². The second-order valence-corrected chi connectivity index (χ2v) is 19.0. The first kappa shape index (κ1) is 64.0. The molecule has 386 valence electrons. The Hall–Kier alpha value is -2.96. The molecule has 0 rings (SSSR count). The Morgan fingerprint density at radius 3 is 1.30 bits per heavy atom. The maximum Gasteiger partial charge on any atom is 0.306 e. The lowest BCUT2D eigenvalue weighted by Gasteiger charge is -2.24. The van der Waals surface area contributed by atoms with Crippen molar-refractivity contribution >= 4 is 11.9 Å². The third-order valence-electron chi connectivity index (χ3n) is 12.5. The number of allylic oxidation sites excluding steroid dienone is 13. The second-order valence-electron chi connectivity index (χ2n) is 19.0. The number of nitrogens with one attached hydrogen (secondary N) is 1. The van der Waals surface area contributed by atoms with Gasteiger partial charge in [0.2, 0.25) is 5.91 Å². The number of amides is 1. The van der Waals surface area contributed by atoms with Crippen LogP contribution in [0.15, 0.2) is 85.1 Å². The van der Waals surface area contributed by atoms with Crippen LogP contribution in [0.2, 0.25) is 0 Å². The van der Waals surface area contributed by atoms with Crippen molar-refractivity contribution in [1.29, 1.82) is 0 Å². The number of ether oxygens (including phenoxy) is 1. The fraction of sp³-hybridized carbons (Fsp3) is 0.738. The zero-order valence-electron chi connectivity index (χ0n) is 44.0. The van der Waals surface area contributed by atoms with Crippen LogP contribution in [-0.4, -0.2) is 46.9 Å². The van der Waals surface area contributed by atoms with Crippen LogP contribution in [0.3, 0.4) is 0 Å². The van der Waals surface area contributed by atoms with E-state index in [0.717, 1.165) is 83.5 Å². The summed E-state index contributed by atoms with van der Waals surface area (Å²) >= 11 is 0. The molecule has 0 fully saturated rings. The highest BCUT2D eigenvalue weighted by Gasteiger charge is 2.23. The minimum atomic E-state index is -0.821. The number of hydrogen-bond donors (Lipinski definition) is 3. The van der Waals surface area contributed by atoms with E-state index in [1.54, 1.807) is 0 Å². The molecule has 0 saturated carbocycles. The summed E-state index contributed by atoms with van der Waals surface area (Å²) in [5, 5.41) is 23.8. The molecule has 3 unspecified atom stereocenters. The molecule has 0 spiro atoms. The smallest absolute Gasteiger partial charge is 0.306 e. The van der Waals surface area contributed by atoms with Gasteiger partial charge in [0.25, 0.3) is 0 Å². The Morgan fingerprint density at radius 1 is 0.478 bits per heavy atom. The predicted molar refractivity (Wildman–Crippen MR) is 291 cm³/mol. The first-order valence-corrected chi connectivity index (χ1v) is 28.3. The molecular weight excluding hydrogens is 827 g/mol. The van der Waals surface area contributed by atoms with E-state index >= 15 is 0 Å². The maximum absolute atomic E-state index is 13.2. The van der Waals surface area contributed by atoms with Gasteiger partial charge in [-0.2, -0.15) is 0 Å². The summed E-state index contributed by atoms with van der Waals surface area (Å²) in [6.45, 7) is 6.35. The van der Waals surface area contributed by atoms with E-state index in [0.29, 0.717) is 19.3 Å². The van der Waals surface area contributed by atoms with Crippen molar-refractivity contribution in [2.24, 2.45) is 0 Å². The number of carbonyl (C=O) groups is 2. The van der Waals surface area contributed by atoms with Crippen LogP contribution in [0.25, 0.3) is 0 Å². The van der Waals surface area contributed by atoms with Gasteiger partial charge in [-0.3, -0.25) is 9.59 Å². The topological polar surface area (TPSA) is 95.9 Å². The van der Waals surface area contributed by atoms with Crippen molar-refractivity contribution in [3.63, 3.8) is 0 Å². The number of aliphatic hydroxyl groups is 2. The van der Waals surface area contributed by atoms with E-state index in [4.69, 9.17) is 4.74 Å². The van der Waals surface area contributed by atoms with Crippen molar-refractivity contribution < 1.29 is 24.5 Å². The summed E-state index contributed by atoms with van der Waals surface area (Å²) in [6.07, 6.45) is 70.9. The predicted octanol–water partition coefficient (Wildman–Crippen LogP) is 17.5. The summed E-state index contributed by atoms with van der Waals surface area (Å²) in [6, 6.07) is -0.742. The van der Waals surface area contributed by atoms with Crippen LogP contribution in [0.1, 0.15) is 265 Å². The van der Waals surface area contributed by atoms with E-state index in [2.05, 4.69) is 99.0 Å². The zero-order chi connectivity index (χ0) is 48.8. The monoisotopic (exact) mass is 934 g/mol. The highest BCUT2D eigenvalue weighted by atomic mass is 16.5. The van der Waals surface area contributed by atoms with Gasteiger partial charge in [0, 0.05) is 12.8 Å². The molecule has 0 aliphatic carbocycles. The van der Waals surface area contributed by atoms with E-state index in [9.17, 15) is 19.8 Å². The molecule has 0 saturated heterocycles. The number of unbranched alkanes of at least 4 members (excludes halogenated alkanes) is 26. The highest BCUT2D eigenvalue weighted by Crippen LogP contribution is 2.17. The van der Waals surface area contributed by atoms with Gasteiger partial charge in [-0.05, 0) is 70.6 Å². The molecule has 0 aromatic carbocycles. The summed E-state index contributed by atoms with van der Waals surface area (Å²) < 4.78 is 5.87. The van der Waals surface area contributed by atoms with Crippen LogP contribution in [-0.2, 0) is 14.3 Å². The second kappa shape index (κ2) is 54.0. The number of hydrogen-bond acceptors (Lipinski definition) is 5. The minimum Gasteiger partial charge on any atom is -0.461 e. The molecule has 0 radical (unpaired) electrons. The van der Waals surface area contributed by atoms with Crippen LogP contribution in [0.5, 0.6) is 0 Å². The molecule has 6 nitrogen and oxygen atoms in total. The number of aliphatic hydroxyl groups excluding tert-OH is 2. The third kappa shape index (κ3) is 49.3. The lowest BCUT2D eigenvalue weighted by molar-refractivity contribution is -0.150. The summed E-state index contributed by atoms with van der Waals surface area (Å²) in [4.78, 5) is 26.2. The van der Waals surface area contributed by atoms with Crippen LogP contribution in [0, 0.1) is 0 Å². The Balaban J connectivity index is 4.70. The van der Waals surface area contributed by atoms with Gasteiger partial charge in [0.15, 0.2) is 0 Å². The van der Waals surface area contributed by atoms with E-state index in [1.807, 2.05) is 12.2 Å². The first-order valence-electron chi connectivity index (χ1n) is 28.3. The number of rotatable bonds is 50. The molecule has 0 aromatic heterocycles. The van der Waals surface area contributed by atoms with Crippen LogP contribution in [0.4, 0.5) is 0 Å². The van der Waals surface area contributed by atoms with Crippen molar-refractivity contribution in [3.05, 3.63) is 85.1 Å². The average molecular weight is 935 g/mol. The Kier molecular flexibility index (Phi) is 51.6. The van der Waals surface area contributed by atoms with Gasteiger partial charge in [0.1, 0.15) is 6.10 Å². The minimum absolute atomic E-state index is 0.0142. The molecule has 1 amide bonds. The Bertz CT molecular complexity index is 1280. The molecule has 0 aliphatic rings. The molecule has 0 aromatic rings. The average Bonchev–Trinajstić information content (AvgIpc) is 3.32. The van der Waals surface area contributed by atoms with Crippen molar-refractivity contribution in [2.45, 2.75) is 283 Å². The summed E-state index contributed by atoms with van der Waals surface area (Å²) in [7, 11) is 0. The van der Waals surface area contributed by atoms with Gasteiger partial charge in [-0.1, -0.05) is 260 Å². The molecule has 0 heterocycles. The van der Waals surface area contributed by atoms with Gasteiger partial charge in [-0.25, -0.2) is 0 Å². The quantitative estimate of drug-likeness (QED) is 0.0244. The molecular formula is C61H107NO5. The van der Waals surface area contributed by atoms with Crippen molar-refractivity contribution in [2.75, 3.05) is 6.61 Å². The molecule has 3 N–H and O–H groups in total. The third-order valence-corrected chi connectivity index (χ3v) is 12.5. The van der Waals surface area contributed by atoms with Gasteiger partial charge in [-0.15, -0.1) is 0 Å². The summed E-state index contributed by atoms with van der Waals surface area (Å²) in [5.74, 6) is -0.611. The van der Waals surface area contributed by atoms with Crippen molar-refractivity contribution in [1.82, 2.24) is 5.32 Å². The molecule has 67 heavy (non-hydrogen) atoms. The zero-order valence-corrected chi connectivity index (χ0v) is 44.0. The number of carbonyl (C=O) groups excluding carboxylic acids is 2. The van der Waals surface area contributed by atoms with Gasteiger partial charge >= 0.3 is 5.97 Å². The standard InChI is InChI=1S/C61H107NO5/c1-4-7-10-13-16-19-22-25-28-30-32-35-38-41-44-47-50-53-59(64)58(56-63)62-60(65)55-57(52-49-46-43-40-37-34-31-27-24-21-18-15-12-9-6-3)67-61(66)54-51-48-45-42-39-36-33-29-26-23-20-17-14-11-8-5-2/h9,12,18,21,27,29,31,33,36-37,39-40,46,49,57-59,63-64H,4-8,10-11,13-17,19-20,22-26,28,30,32,34-35,38,41-45,47-48,50-56H2,1-3H3,(H,62,65)/b12-9-,21-18-,31-27-,33-29+,39-36+,40-37-,49-46-. The molecule has 3 atom stereocenters. The maximum atomic E-state index is 13.2. The highest BCUT2D eigenvalue weighted by molar-refractivity contribution is 5.77. The first-order chi connectivity index (χ1) is 33.0. The lowest BCUT2D eigenvalue weighted by Crippen LogP contribution is -2.46.